The molecule has 0 fully saturated rings. The number of alkyl halides is 6. The van der Waals surface area contributed by atoms with Gasteiger partial charge in [-0.15, -0.1) is 0 Å². The lowest BCUT2D eigenvalue weighted by molar-refractivity contribution is -0.143. The second kappa shape index (κ2) is 7.38. The van der Waals surface area contributed by atoms with Crippen molar-refractivity contribution in [2.45, 2.75) is 12.4 Å². The number of rotatable bonds is 3. The van der Waals surface area contributed by atoms with Gasteiger partial charge in [-0.25, -0.2) is 4.68 Å². The summed E-state index contributed by atoms with van der Waals surface area (Å²) in [5, 5.41) is 4.34. The molecule has 29 heavy (non-hydrogen) atoms. The summed E-state index contributed by atoms with van der Waals surface area (Å²) in [4.78, 5) is 11.4. The predicted molar refractivity (Wildman–Crippen MR) is 94.4 cm³/mol. The number of hydrogen-bond donors (Lipinski definition) is 0. The van der Waals surface area contributed by atoms with E-state index < -0.39 is 29.2 Å². The quantitative estimate of drug-likeness (QED) is 0.327. The summed E-state index contributed by atoms with van der Waals surface area (Å²) in [6.07, 6.45) is -8.62. The van der Waals surface area contributed by atoms with Gasteiger partial charge in [-0.05, 0) is 30.3 Å². The van der Waals surface area contributed by atoms with E-state index >= 15 is 0 Å². The Balaban J connectivity index is 2.20. The molecule has 0 saturated carbocycles. The highest BCUT2D eigenvalue weighted by molar-refractivity contribution is 6.42. The first kappa shape index (κ1) is 21.2. The highest BCUT2D eigenvalue weighted by Gasteiger charge is 2.37. The second-order valence-electron chi connectivity index (χ2n) is 5.89. The van der Waals surface area contributed by atoms with Crippen LogP contribution in [-0.2, 0) is 12.4 Å². The molecule has 1 aromatic heterocycles. The van der Waals surface area contributed by atoms with E-state index in [4.69, 9.17) is 23.2 Å². The highest BCUT2D eigenvalue weighted by atomic mass is 35.5. The third-order valence-electron chi connectivity index (χ3n) is 3.90. The van der Waals surface area contributed by atoms with Crippen LogP contribution in [0.15, 0.2) is 42.6 Å². The molecule has 0 aliphatic heterocycles. The van der Waals surface area contributed by atoms with Crippen LogP contribution in [0, 0.1) is 0 Å². The van der Waals surface area contributed by atoms with Gasteiger partial charge < -0.3 is 0 Å². The lowest BCUT2D eigenvalue weighted by Gasteiger charge is -2.14. The monoisotopic (exact) mass is 452 g/mol. The minimum absolute atomic E-state index is 0.00745. The zero-order chi connectivity index (χ0) is 21.6. The van der Waals surface area contributed by atoms with E-state index in [9.17, 15) is 31.1 Å². The largest absolute Gasteiger partial charge is 0.416 e. The average Bonchev–Trinajstić information content (AvgIpc) is 3.06. The number of carbonyl (C=O) groups is 1. The first-order valence-electron chi connectivity index (χ1n) is 7.70. The van der Waals surface area contributed by atoms with Crippen molar-refractivity contribution in [2.75, 3.05) is 0 Å². The van der Waals surface area contributed by atoms with Gasteiger partial charge in [-0.3, -0.25) is 4.79 Å². The molecule has 3 aromatic rings. The summed E-state index contributed by atoms with van der Waals surface area (Å²) in [6, 6.07) is 5.27. The standard InChI is InChI=1S/C18H8Cl2F6N2O/c19-14-2-1-9(3-15(14)20)16-10(8-29)7-28(27-16)13-5-11(17(21,22)23)4-12(6-13)18(24,25)26/h1-8H. The number of carbonyl (C=O) groups excluding carboxylic acids is 1. The van der Waals surface area contributed by atoms with Crippen LogP contribution in [0.1, 0.15) is 21.5 Å². The third kappa shape index (κ3) is 4.40. The van der Waals surface area contributed by atoms with Crippen molar-refractivity contribution in [2.24, 2.45) is 0 Å². The molecule has 0 bridgehead atoms. The van der Waals surface area contributed by atoms with E-state index in [1.807, 2.05) is 0 Å². The molecule has 11 heteroatoms. The Kier molecular flexibility index (Phi) is 5.40. The molecular formula is C18H8Cl2F6N2O. The summed E-state index contributed by atoms with van der Waals surface area (Å²) >= 11 is 11.7. The van der Waals surface area contributed by atoms with Gasteiger partial charge >= 0.3 is 12.4 Å². The van der Waals surface area contributed by atoms with Crippen LogP contribution >= 0.6 is 23.2 Å². The molecule has 0 radical (unpaired) electrons. The Hall–Kier alpha value is -2.52. The molecule has 0 atom stereocenters. The molecule has 0 N–H and O–H groups in total. The number of aromatic nitrogens is 2. The van der Waals surface area contributed by atoms with Gasteiger partial charge in [0.2, 0.25) is 0 Å². The fourth-order valence-corrected chi connectivity index (χ4v) is 2.84. The van der Waals surface area contributed by atoms with Gasteiger partial charge in [0, 0.05) is 11.8 Å². The van der Waals surface area contributed by atoms with Crippen molar-refractivity contribution in [1.82, 2.24) is 9.78 Å². The van der Waals surface area contributed by atoms with Crippen LogP contribution in [0.3, 0.4) is 0 Å². The minimum Gasteiger partial charge on any atom is -0.298 e. The van der Waals surface area contributed by atoms with Gasteiger partial charge in [0.05, 0.1) is 32.4 Å². The van der Waals surface area contributed by atoms with Crippen LogP contribution in [0.2, 0.25) is 10.0 Å². The van der Waals surface area contributed by atoms with E-state index in [1.54, 1.807) is 0 Å². The van der Waals surface area contributed by atoms with Crippen LogP contribution in [0.5, 0.6) is 0 Å². The number of aldehydes is 1. The highest BCUT2D eigenvalue weighted by Crippen LogP contribution is 2.37. The minimum atomic E-state index is -5.01. The summed E-state index contributed by atoms with van der Waals surface area (Å²) in [6.45, 7) is 0. The van der Waals surface area contributed by atoms with Crippen LogP contribution < -0.4 is 0 Å². The summed E-state index contributed by atoms with van der Waals surface area (Å²) in [5.41, 5.74) is -3.24. The molecular weight excluding hydrogens is 445 g/mol. The first-order valence-corrected chi connectivity index (χ1v) is 8.46. The van der Waals surface area contributed by atoms with Crippen LogP contribution in [0.25, 0.3) is 16.9 Å². The Bertz CT molecular complexity index is 1060. The zero-order valence-electron chi connectivity index (χ0n) is 13.9. The van der Waals surface area contributed by atoms with Crippen molar-refractivity contribution in [3.8, 4) is 16.9 Å². The summed E-state index contributed by atoms with van der Waals surface area (Å²) in [5.74, 6) is 0. The van der Waals surface area contributed by atoms with Gasteiger partial charge in [0.1, 0.15) is 5.69 Å². The normalized spacial score (nSPS) is 12.3. The maximum atomic E-state index is 13.1. The molecule has 1 heterocycles. The molecule has 0 unspecified atom stereocenters. The van der Waals surface area contributed by atoms with Gasteiger partial charge in [-0.2, -0.15) is 31.4 Å². The summed E-state index contributed by atoms with van der Waals surface area (Å²) < 4.78 is 79.2. The van der Waals surface area contributed by atoms with E-state index in [-0.39, 0.29) is 27.4 Å². The lowest BCUT2D eigenvalue weighted by Crippen LogP contribution is -2.12. The molecule has 152 valence electrons. The van der Waals surface area contributed by atoms with Crippen LogP contribution in [0.4, 0.5) is 26.3 Å². The van der Waals surface area contributed by atoms with E-state index in [2.05, 4.69) is 5.10 Å². The average molecular weight is 453 g/mol. The Morgan fingerprint density at radius 3 is 1.93 bits per heavy atom. The maximum Gasteiger partial charge on any atom is 0.416 e. The third-order valence-corrected chi connectivity index (χ3v) is 4.64. The van der Waals surface area contributed by atoms with Crippen molar-refractivity contribution >= 4 is 29.5 Å². The topological polar surface area (TPSA) is 34.9 Å². The molecule has 0 amide bonds. The van der Waals surface area contributed by atoms with Crippen molar-refractivity contribution in [1.29, 1.82) is 0 Å². The Labute approximate surface area is 169 Å². The molecule has 3 rings (SSSR count). The fraction of sp³-hybridized carbons (Fsp3) is 0.111. The van der Waals surface area contributed by atoms with Gasteiger partial charge in [0.15, 0.2) is 6.29 Å². The maximum absolute atomic E-state index is 13.1. The van der Waals surface area contributed by atoms with E-state index in [0.717, 1.165) is 10.9 Å². The predicted octanol–water partition coefficient (Wildman–Crippen LogP) is 6.70. The van der Waals surface area contributed by atoms with Gasteiger partial charge in [0.25, 0.3) is 0 Å². The molecule has 0 spiro atoms. The molecule has 0 saturated heterocycles. The molecule has 0 aliphatic rings. The van der Waals surface area contributed by atoms with E-state index in [0.29, 0.717) is 24.0 Å². The number of nitrogens with zero attached hydrogens (tertiary/aromatic N) is 2. The lowest BCUT2D eigenvalue weighted by atomic mass is 10.1. The van der Waals surface area contributed by atoms with Crippen molar-refractivity contribution in [3.63, 3.8) is 0 Å². The first-order chi connectivity index (χ1) is 13.4. The molecule has 2 aromatic carbocycles. The zero-order valence-corrected chi connectivity index (χ0v) is 15.5. The fourth-order valence-electron chi connectivity index (χ4n) is 2.54. The SMILES string of the molecule is O=Cc1cn(-c2cc(C(F)(F)F)cc(C(F)(F)F)c2)nc1-c1ccc(Cl)c(Cl)c1. The van der Waals surface area contributed by atoms with E-state index in [1.165, 1.54) is 18.2 Å². The van der Waals surface area contributed by atoms with Crippen LogP contribution in [-0.4, -0.2) is 16.1 Å². The second-order valence-corrected chi connectivity index (χ2v) is 6.70. The molecule has 0 aliphatic carbocycles. The van der Waals surface area contributed by atoms with Gasteiger partial charge in [-0.1, -0.05) is 29.3 Å². The van der Waals surface area contributed by atoms with Crippen molar-refractivity contribution < 1.29 is 31.1 Å². The summed E-state index contributed by atoms with van der Waals surface area (Å²) in [7, 11) is 0. The number of benzene rings is 2. The smallest absolute Gasteiger partial charge is 0.298 e. The molecule has 3 nitrogen and oxygen atoms in total. The number of hydrogen-bond acceptors (Lipinski definition) is 2. The Morgan fingerprint density at radius 2 is 1.45 bits per heavy atom. The number of halogens is 8. The Morgan fingerprint density at radius 1 is 0.862 bits per heavy atom. The van der Waals surface area contributed by atoms with Crippen molar-refractivity contribution in [3.05, 3.63) is 69.3 Å².